The Labute approximate surface area is 155 Å². The summed E-state index contributed by atoms with van der Waals surface area (Å²) in [6.07, 6.45) is 1.48. The van der Waals surface area contributed by atoms with Crippen LogP contribution in [0.15, 0.2) is 29.7 Å². The molecule has 1 aromatic carbocycles. The molecule has 2 aromatic rings. The van der Waals surface area contributed by atoms with Gasteiger partial charge in [0.25, 0.3) is 5.91 Å². The summed E-state index contributed by atoms with van der Waals surface area (Å²) in [5, 5.41) is 4.49. The van der Waals surface area contributed by atoms with Gasteiger partial charge in [-0.15, -0.1) is 11.3 Å². The zero-order valence-electron chi connectivity index (χ0n) is 14.5. The lowest BCUT2D eigenvalue weighted by molar-refractivity contribution is 0.0943. The SMILES string of the molecule is COc1ccc(-c2nc(C(=O)N[C@@H]3C=CS(=O)(=O)C3)c(C)s2)cc1OC. The van der Waals surface area contributed by atoms with Gasteiger partial charge in [-0.25, -0.2) is 13.4 Å². The molecule has 138 valence electrons. The molecule has 0 radical (unpaired) electrons. The average Bonchev–Trinajstić information content (AvgIpc) is 3.16. The van der Waals surface area contributed by atoms with Gasteiger partial charge in [0, 0.05) is 15.8 Å². The van der Waals surface area contributed by atoms with Gasteiger partial charge in [-0.2, -0.15) is 0 Å². The van der Waals surface area contributed by atoms with Gasteiger partial charge in [-0.05, 0) is 31.2 Å². The number of carbonyl (C=O) groups is 1. The molecular weight excluding hydrogens is 376 g/mol. The highest BCUT2D eigenvalue weighted by Crippen LogP contribution is 2.34. The van der Waals surface area contributed by atoms with Crippen LogP contribution in [0.25, 0.3) is 10.6 Å². The van der Waals surface area contributed by atoms with Crippen molar-refractivity contribution in [3.05, 3.63) is 40.3 Å². The first kappa shape index (κ1) is 18.4. The fraction of sp³-hybridized carbons (Fsp3) is 0.294. The van der Waals surface area contributed by atoms with Crippen molar-refractivity contribution < 1.29 is 22.7 Å². The van der Waals surface area contributed by atoms with E-state index in [1.165, 1.54) is 17.4 Å². The fourth-order valence-electron chi connectivity index (χ4n) is 2.60. The van der Waals surface area contributed by atoms with Crippen LogP contribution in [0, 0.1) is 6.92 Å². The maximum absolute atomic E-state index is 12.5. The number of aryl methyl sites for hydroxylation is 1. The molecule has 0 spiro atoms. The Morgan fingerprint density at radius 1 is 1.27 bits per heavy atom. The number of nitrogens with zero attached hydrogens (tertiary/aromatic N) is 1. The molecule has 26 heavy (non-hydrogen) atoms. The van der Waals surface area contributed by atoms with Crippen molar-refractivity contribution in [2.24, 2.45) is 0 Å². The molecule has 1 aliphatic heterocycles. The van der Waals surface area contributed by atoms with Crippen molar-refractivity contribution in [2.45, 2.75) is 13.0 Å². The minimum absolute atomic E-state index is 0.121. The molecule has 0 saturated carbocycles. The minimum atomic E-state index is -3.22. The minimum Gasteiger partial charge on any atom is -0.493 e. The first-order valence-corrected chi connectivity index (χ1v) is 10.3. The van der Waals surface area contributed by atoms with E-state index in [0.29, 0.717) is 16.5 Å². The third-order valence-electron chi connectivity index (χ3n) is 3.89. The molecule has 0 bridgehead atoms. The molecule has 0 fully saturated rings. The van der Waals surface area contributed by atoms with Crippen LogP contribution in [0.3, 0.4) is 0 Å². The summed E-state index contributed by atoms with van der Waals surface area (Å²) in [7, 11) is -0.111. The van der Waals surface area contributed by atoms with Crippen molar-refractivity contribution >= 4 is 27.1 Å². The smallest absolute Gasteiger partial charge is 0.271 e. The summed E-state index contributed by atoms with van der Waals surface area (Å²) < 4.78 is 33.4. The summed E-state index contributed by atoms with van der Waals surface area (Å²) in [4.78, 5) is 17.6. The lowest BCUT2D eigenvalue weighted by Gasteiger charge is -2.09. The Morgan fingerprint density at radius 2 is 2.00 bits per heavy atom. The summed E-state index contributed by atoms with van der Waals surface area (Å²) in [6, 6.07) is 4.88. The van der Waals surface area contributed by atoms with Crippen molar-refractivity contribution in [3.8, 4) is 22.1 Å². The molecule has 9 heteroatoms. The van der Waals surface area contributed by atoms with Crippen LogP contribution in [0.4, 0.5) is 0 Å². The number of carbonyl (C=O) groups excluding carboxylic acids is 1. The number of aromatic nitrogens is 1. The topological polar surface area (TPSA) is 94.6 Å². The van der Waals surface area contributed by atoms with Crippen molar-refractivity contribution in [1.82, 2.24) is 10.3 Å². The third-order valence-corrected chi connectivity index (χ3v) is 6.30. The van der Waals surface area contributed by atoms with Crippen LogP contribution in [0.2, 0.25) is 0 Å². The van der Waals surface area contributed by atoms with Gasteiger partial charge in [-0.1, -0.05) is 0 Å². The van der Waals surface area contributed by atoms with Crippen LogP contribution < -0.4 is 14.8 Å². The predicted octanol–water partition coefficient (Wildman–Crippen LogP) is 2.18. The largest absolute Gasteiger partial charge is 0.493 e. The van der Waals surface area contributed by atoms with Crippen LogP contribution in [0.5, 0.6) is 11.5 Å². The van der Waals surface area contributed by atoms with E-state index in [4.69, 9.17) is 9.47 Å². The highest BCUT2D eigenvalue weighted by molar-refractivity contribution is 7.94. The second kappa shape index (κ2) is 7.08. The monoisotopic (exact) mass is 394 g/mol. The highest BCUT2D eigenvalue weighted by Gasteiger charge is 2.25. The quantitative estimate of drug-likeness (QED) is 0.835. The van der Waals surface area contributed by atoms with Gasteiger partial charge in [0.1, 0.15) is 10.7 Å². The van der Waals surface area contributed by atoms with Gasteiger partial charge in [0.2, 0.25) is 0 Å². The zero-order chi connectivity index (χ0) is 18.9. The highest BCUT2D eigenvalue weighted by atomic mass is 32.2. The molecule has 2 heterocycles. The van der Waals surface area contributed by atoms with Crippen LogP contribution in [-0.2, 0) is 9.84 Å². The van der Waals surface area contributed by atoms with E-state index in [9.17, 15) is 13.2 Å². The number of hydrogen-bond acceptors (Lipinski definition) is 7. The van der Waals surface area contributed by atoms with Gasteiger partial charge in [0.05, 0.1) is 26.0 Å². The molecule has 0 saturated heterocycles. The standard InChI is InChI=1S/C17H18N2O5S2/c1-10-15(16(20)18-12-6-7-26(21,22)9-12)19-17(25-10)11-4-5-13(23-2)14(8-11)24-3/h4-8,12H,9H2,1-3H3,(H,18,20)/t12-/m1/s1. The molecule has 0 aliphatic carbocycles. The van der Waals surface area contributed by atoms with Gasteiger partial charge >= 0.3 is 0 Å². The molecule has 3 rings (SSSR count). The van der Waals surface area contributed by atoms with Gasteiger partial charge < -0.3 is 14.8 Å². The lowest BCUT2D eigenvalue weighted by Crippen LogP contribution is -2.35. The summed E-state index contributed by atoms with van der Waals surface area (Å²) in [5.74, 6) is 0.670. The van der Waals surface area contributed by atoms with E-state index in [2.05, 4.69) is 10.3 Å². The summed E-state index contributed by atoms with van der Waals surface area (Å²) in [6.45, 7) is 1.80. The van der Waals surface area contributed by atoms with Gasteiger partial charge in [0.15, 0.2) is 21.3 Å². The summed E-state index contributed by atoms with van der Waals surface area (Å²) in [5.41, 5.74) is 1.09. The Morgan fingerprint density at radius 3 is 2.62 bits per heavy atom. The Bertz CT molecular complexity index is 979. The first-order valence-electron chi connectivity index (χ1n) is 7.74. The maximum atomic E-state index is 12.5. The van der Waals surface area contributed by atoms with Crippen LogP contribution >= 0.6 is 11.3 Å². The molecule has 1 aromatic heterocycles. The number of ether oxygens (including phenoxy) is 2. The number of thiazole rings is 1. The van der Waals surface area contributed by atoms with Gasteiger partial charge in [-0.3, -0.25) is 4.79 Å². The second-order valence-corrected chi connectivity index (χ2v) is 8.87. The van der Waals surface area contributed by atoms with Crippen molar-refractivity contribution in [2.75, 3.05) is 20.0 Å². The van der Waals surface area contributed by atoms with Crippen molar-refractivity contribution in [1.29, 1.82) is 0 Å². The van der Waals surface area contributed by atoms with E-state index in [0.717, 1.165) is 15.8 Å². The number of sulfone groups is 1. The predicted molar refractivity (Wildman–Crippen MR) is 99.6 cm³/mol. The van der Waals surface area contributed by atoms with E-state index in [1.54, 1.807) is 33.3 Å². The lowest BCUT2D eigenvalue weighted by atomic mass is 10.2. The molecule has 1 amide bonds. The number of rotatable bonds is 5. The van der Waals surface area contributed by atoms with E-state index in [-0.39, 0.29) is 11.4 Å². The normalized spacial score (nSPS) is 17.9. The van der Waals surface area contributed by atoms with Crippen LogP contribution in [-0.4, -0.2) is 45.3 Å². The first-order chi connectivity index (χ1) is 12.3. The average molecular weight is 394 g/mol. The Hall–Kier alpha value is -2.39. The van der Waals surface area contributed by atoms with E-state index >= 15 is 0 Å². The number of amides is 1. The molecule has 1 atom stereocenters. The number of nitrogens with one attached hydrogen (secondary N) is 1. The zero-order valence-corrected chi connectivity index (χ0v) is 16.1. The molecule has 1 aliphatic rings. The third kappa shape index (κ3) is 3.73. The number of methoxy groups -OCH3 is 2. The molecule has 1 N–H and O–H groups in total. The van der Waals surface area contributed by atoms with E-state index < -0.39 is 21.8 Å². The molecule has 0 unspecified atom stereocenters. The Kier molecular flexibility index (Phi) is 5.01. The second-order valence-electron chi connectivity index (χ2n) is 5.73. The van der Waals surface area contributed by atoms with Crippen molar-refractivity contribution in [3.63, 3.8) is 0 Å². The number of hydrogen-bond donors (Lipinski definition) is 1. The molecule has 7 nitrogen and oxygen atoms in total. The summed E-state index contributed by atoms with van der Waals surface area (Å²) >= 11 is 1.38. The molecular formula is C17H18N2O5S2. The Balaban J connectivity index is 1.83. The van der Waals surface area contributed by atoms with Crippen LogP contribution in [0.1, 0.15) is 15.4 Å². The fourth-order valence-corrected chi connectivity index (χ4v) is 4.74. The number of benzene rings is 1. The maximum Gasteiger partial charge on any atom is 0.271 e. The van der Waals surface area contributed by atoms with E-state index in [1.807, 2.05) is 6.07 Å².